The molecule has 0 amide bonds. The molecule has 0 radical (unpaired) electrons. The van der Waals surface area contributed by atoms with Crippen LogP contribution in [0.5, 0.6) is 0 Å². The van der Waals surface area contributed by atoms with Crippen LogP contribution >= 0.6 is 23.1 Å². The molecule has 17 heavy (non-hydrogen) atoms. The Bertz CT molecular complexity index is 434. The molecule has 2 aromatic rings. The Morgan fingerprint density at radius 2 is 2.35 bits per heavy atom. The molecule has 0 bridgehead atoms. The molecule has 0 saturated carbocycles. The average molecular weight is 267 g/mol. The quantitative estimate of drug-likeness (QED) is 0.751. The van der Waals surface area contributed by atoms with Crippen LogP contribution in [-0.4, -0.2) is 40.8 Å². The van der Waals surface area contributed by atoms with Gasteiger partial charge < -0.3 is 9.47 Å². The maximum atomic E-state index is 4.40. The summed E-state index contributed by atoms with van der Waals surface area (Å²) in [5.41, 5.74) is 1.35. The predicted octanol–water partition coefficient (Wildman–Crippen LogP) is 2.65. The number of aromatic nitrogens is 2. The second-order valence-electron chi connectivity index (χ2n) is 4.12. The zero-order valence-electron chi connectivity index (χ0n) is 10.2. The second kappa shape index (κ2) is 6.23. The number of rotatable bonds is 6. The first-order chi connectivity index (χ1) is 8.25. The van der Waals surface area contributed by atoms with E-state index in [2.05, 4.69) is 51.6 Å². The number of hydrogen-bond donors (Lipinski definition) is 0. The molecule has 0 atom stereocenters. The molecule has 2 aromatic heterocycles. The third-order valence-electron chi connectivity index (χ3n) is 2.38. The van der Waals surface area contributed by atoms with Crippen molar-refractivity contribution < 1.29 is 0 Å². The minimum Gasteiger partial charge on any atom is -0.322 e. The summed E-state index contributed by atoms with van der Waals surface area (Å²) in [6.45, 7) is 2.00. The van der Waals surface area contributed by atoms with E-state index in [4.69, 9.17) is 0 Å². The van der Waals surface area contributed by atoms with E-state index in [1.807, 2.05) is 18.0 Å². The number of imidazole rings is 1. The first kappa shape index (κ1) is 12.7. The highest BCUT2D eigenvalue weighted by Crippen LogP contribution is 2.17. The summed E-state index contributed by atoms with van der Waals surface area (Å²) in [6, 6.07) is 2.17. The molecule has 92 valence electrons. The molecule has 5 heteroatoms. The summed E-state index contributed by atoms with van der Waals surface area (Å²) in [7, 11) is 4.19. The minimum absolute atomic E-state index is 0.924. The summed E-state index contributed by atoms with van der Waals surface area (Å²) in [5, 5.41) is 5.41. The normalized spacial score (nSPS) is 11.2. The smallest absolute Gasteiger partial charge is 0.168 e. The van der Waals surface area contributed by atoms with Gasteiger partial charge in [-0.05, 0) is 36.5 Å². The highest BCUT2D eigenvalue weighted by Gasteiger charge is 2.04. The van der Waals surface area contributed by atoms with Crippen molar-refractivity contribution in [2.24, 2.45) is 0 Å². The maximum absolute atomic E-state index is 4.40. The summed E-state index contributed by atoms with van der Waals surface area (Å²) in [5.74, 6) is 1.08. The molecule has 0 aliphatic carbocycles. The Morgan fingerprint density at radius 3 is 3.06 bits per heavy atom. The van der Waals surface area contributed by atoms with Crippen molar-refractivity contribution in [3.8, 4) is 0 Å². The zero-order valence-corrected chi connectivity index (χ0v) is 11.8. The van der Waals surface area contributed by atoms with Crippen molar-refractivity contribution in [2.75, 3.05) is 26.4 Å². The summed E-state index contributed by atoms with van der Waals surface area (Å²) >= 11 is 3.56. The van der Waals surface area contributed by atoms with Gasteiger partial charge in [-0.1, -0.05) is 11.8 Å². The Hall–Kier alpha value is -0.780. The molecule has 0 aromatic carbocycles. The second-order valence-corrected chi connectivity index (χ2v) is 5.96. The largest absolute Gasteiger partial charge is 0.322 e. The van der Waals surface area contributed by atoms with Crippen LogP contribution in [0.1, 0.15) is 5.56 Å². The molecular weight excluding hydrogens is 250 g/mol. The minimum atomic E-state index is 0.924. The van der Waals surface area contributed by atoms with Crippen molar-refractivity contribution in [3.05, 3.63) is 34.8 Å². The lowest BCUT2D eigenvalue weighted by Gasteiger charge is -2.09. The van der Waals surface area contributed by atoms with E-state index in [1.54, 1.807) is 11.3 Å². The number of nitrogens with zero attached hydrogens (tertiary/aromatic N) is 3. The van der Waals surface area contributed by atoms with Crippen LogP contribution in [0.3, 0.4) is 0 Å². The van der Waals surface area contributed by atoms with Crippen LogP contribution in [0, 0.1) is 0 Å². The van der Waals surface area contributed by atoms with Crippen LogP contribution in [0.25, 0.3) is 0 Å². The lowest BCUT2D eigenvalue weighted by molar-refractivity contribution is 0.437. The van der Waals surface area contributed by atoms with Gasteiger partial charge in [-0.15, -0.1) is 0 Å². The molecule has 0 unspecified atom stereocenters. The van der Waals surface area contributed by atoms with Crippen LogP contribution in [0.2, 0.25) is 0 Å². The van der Waals surface area contributed by atoms with E-state index < -0.39 is 0 Å². The van der Waals surface area contributed by atoms with Gasteiger partial charge >= 0.3 is 0 Å². The Labute approximate surface area is 110 Å². The first-order valence-corrected chi connectivity index (χ1v) is 7.48. The number of thioether (sulfide) groups is 1. The fraction of sp³-hybridized carbons (Fsp3) is 0.417. The van der Waals surface area contributed by atoms with Crippen molar-refractivity contribution in [3.63, 3.8) is 0 Å². The van der Waals surface area contributed by atoms with Crippen LogP contribution in [-0.2, 0) is 6.54 Å². The molecule has 2 heterocycles. The van der Waals surface area contributed by atoms with Crippen molar-refractivity contribution in [2.45, 2.75) is 11.7 Å². The van der Waals surface area contributed by atoms with Gasteiger partial charge in [0.05, 0.1) is 6.54 Å². The van der Waals surface area contributed by atoms with Gasteiger partial charge in [0.2, 0.25) is 0 Å². The fourth-order valence-corrected chi connectivity index (χ4v) is 3.18. The molecule has 0 spiro atoms. The molecule has 0 fully saturated rings. The zero-order chi connectivity index (χ0) is 12.1. The van der Waals surface area contributed by atoms with E-state index in [9.17, 15) is 0 Å². The highest BCUT2D eigenvalue weighted by atomic mass is 32.2. The highest BCUT2D eigenvalue weighted by molar-refractivity contribution is 7.99. The summed E-state index contributed by atoms with van der Waals surface area (Å²) in [4.78, 5) is 6.60. The average Bonchev–Trinajstić information content (AvgIpc) is 2.91. The summed E-state index contributed by atoms with van der Waals surface area (Å²) < 4.78 is 2.21. The lowest BCUT2D eigenvalue weighted by Crippen LogP contribution is -2.15. The third kappa shape index (κ3) is 3.87. The van der Waals surface area contributed by atoms with Crippen LogP contribution in [0.15, 0.2) is 34.4 Å². The van der Waals surface area contributed by atoms with Crippen LogP contribution in [0.4, 0.5) is 0 Å². The molecule has 2 rings (SSSR count). The van der Waals surface area contributed by atoms with E-state index in [-0.39, 0.29) is 0 Å². The maximum Gasteiger partial charge on any atom is 0.168 e. The predicted molar refractivity (Wildman–Crippen MR) is 74.9 cm³/mol. The van der Waals surface area contributed by atoms with Gasteiger partial charge in [0.25, 0.3) is 0 Å². The van der Waals surface area contributed by atoms with Crippen molar-refractivity contribution >= 4 is 23.1 Å². The molecule has 0 N–H and O–H groups in total. The fourth-order valence-electron chi connectivity index (χ4n) is 1.45. The number of thiophene rings is 1. The molecular formula is C12H17N3S2. The third-order valence-corrected chi connectivity index (χ3v) is 4.10. The van der Waals surface area contributed by atoms with Crippen molar-refractivity contribution in [1.82, 2.24) is 14.5 Å². The van der Waals surface area contributed by atoms with Gasteiger partial charge in [0, 0.05) is 24.7 Å². The Kier molecular flexibility index (Phi) is 4.65. The van der Waals surface area contributed by atoms with E-state index in [1.165, 1.54) is 5.56 Å². The SMILES string of the molecule is CN(C)CCSc1nccn1Cc1ccsc1. The van der Waals surface area contributed by atoms with Gasteiger partial charge in [-0.25, -0.2) is 4.98 Å². The van der Waals surface area contributed by atoms with Crippen LogP contribution < -0.4 is 0 Å². The van der Waals surface area contributed by atoms with Gasteiger partial charge in [0.1, 0.15) is 0 Å². The van der Waals surface area contributed by atoms with E-state index in [0.717, 1.165) is 24.0 Å². The topological polar surface area (TPSA) is 21.1 Å². The standard InChI is InChI=1S/C12H17N3S2/c1-14(2)6-8-17-12-13-4-5-15(12)9-11-3-7-16-10-11/h3-5,7,10H,6,8-9H2,1-2H3. The first-order valence-electron chi connectivity index (χ1n) is 5.55. The molecule has 0 saturated heterocycles. The Morgan fingerprint density at radius 1 is 1.47 bits per heavy atom. The monoisotopic (exact) mass is 267 g/mol. The van der Waals surface area contributed by atoms with E-state index in [0.29, 0.717) is 0 Å². The van der Waals surface area contributed by atoms with Gasteiger partial charge in [0.15, 0.2) is 5.16 Å². The van der Waals surface area contributed by atoms with Crippen molar-refractivity contribution in [1.29, 1.82) is 0 Å². The molecule has 0 aliphatic heterocycles. The Balaban J connectivity index is 1.92. The summed E-state index contributed by atoms with van der Waals surface area (Å²) in [6.07, 6.45) is 3.93. The lowest BCUT2D eigenvalue weighted by atomic mass is 10.3. The van der Waals surface area contributed by atoms with E-state index >= 15 is 0 Å². The number of hydrogen-bond acceptors (Lipinski definition) is 4. The molecule has 0 aliphatic rings. The van der Waals surface area contributed by atoms with Gasteiger partial charge in [-0.2, -0.15) is 11.3 Å². The van der Waals surface area contributed by atoms with Gasteiger partial charge in [-0.3, -0.25) is 0 Å². The molecule has 3 nitrogen and oxygen atoms in total.